The molecule has 0 aliphatic carbocycles. The van der Waals surface area contributed by atoms with E-state index >= 15 is 0 Å². The molecule has 3 heterocycles. The molecule has 2 aliphatic heterocycles. The van der Waals surface area contributed by atoms with Gasteiger partial charge in [-0.3, -0.25) is 9.69 Å². The van der Waals surface area contributed by atoms with Gasteiger partial charge < -0.3 is 9.47 Å². The highest BCUT2D eigenvalue weighted by Crippen LogP contribution is 2.30. The van der Waals surface area contributed by atoms with Crippen molar-refractivity contribution in [3.63, 3.8) is 0 Å². The summed E-state index contributed by atoms with van der Waals surface area (Å²) >= 11 is 0. The molecule has 166 valence electrons. The lowest BCUT2D eigenvalue weighted by Gasteiger charge is -2.34. The topological polar surface area (TPSA) is 41.4 Å². The maximum absolute atomic E-state index is 13.6. The summed E-state index contributed by atoms with van der Waals surface area (Å²) in [6.07, 6.45) is 3.71. The van der Waals surface area contributed by atoms with Crippen LogP contribution in [0.4, 0.5) is 4.39 Å². The molecule has 0 bridgehead atoms. The molecule has 1 amide bonds. The van der Waals surface area contributed by atoms with Gasteiger partial charge in [-0.1, -0.05) is 42.5 Å². The summed E-state index contributed by atoms with van der Waals surface area (Å²) in [7, 11) is 0. The molecule has 0 radical (unpaired) electrons. The molecule has 1 aromatic heterocycles. The van der Waals surface area contributed by atoms with Crippen LogP contribution in [0.2, 0.25) is 0 Å². The van der Waals surface area contributed by atoms with Crippen molar-refractivity contribution in [1.29, 1.82) is 0 Å². The Morgan fingerprint density at radius 3 is 2.62 bits per heavy atom. The number of amides is 1. The molecular formula is C26H29FN4O. The standard InChI is InChI=1S/C26H29FN4O/c1-19-15-21(7-9-23(19)27)22-8-10-25-28-24(18-31(25)17-22)26(32)30-13-11-29(12-14-30)16-20-5-3-2-4-6-20/h2-7,9,15,18,22H,8,10-14,16-17H2,1H3. The maximum atomic E-state index is 13.6. The number of fused-ring (bicyclic) bond motifs is 1. The number of hydrogen-bond acceptors (Lipinski definition) is 3. The summed E-state index contributed by atoms with van der Waals surface area (Å²) in [5, 5.41) is 0. The first-order valence-electron chi connectivity index (χ1n) is 11.4. The minimum Gasteiger partial charge on any atom is -0.335 e. The number of aryl methyl sites for hydroxylation is 2. The van der Waals surface area contributed by atoms with Crippen molar-refractivity contribution in [2.24, 2.45) is 0 Å². The summed E-state index contributed by atoms with van der Waals surface area (Å²) in [6.45, 7) is 6.72. The fourth-order valence-electron chi connectivity index (χ4n) is 4.85. The molecule has 1 fully saturated rings. The van der Waals surface area contributed by atoms with Crippen molar-refractivity contribution in [2.45, 2.75) is 38.8 Å². The highest BCUT2D eigenvalue weighted by atomic mass is 19.1. The van der Waals surface area contributed by atoms with Crippen LogP contribution in [-0.4, -0.2) is 51.4 Å². The van der Waals surface area contributed by atoms with E-state index in [1.807, 2.05) is 29.3 Å². The van der Waals surface area contributed by atoms with Gasteiger partial charge in [0.25, 0.3) is 5.91 Å². The first-order chi connectivity index (χ1) is 15.6. The van der Waals surface area contributed by atoms with Gasteiger partial charge in [0.1, 0.15) is 17.3 Å². The fraction of sp³-hybridized carbons (Fsp3) is 0.385. The van der Waals surface area contributed by atoms with Gasteiger partial charge in [0.05, 0.1) is 0 Å². The zero-order chi connectivity index (χ0) is 22.1. The third-order valence-electron chi connectivity index (χ3n) is 6.77. The lowest BCUT2D eigenvalue weighted by atomic mass is 9.90. The zero-order valence-corrected chi connectivity index (χ0v) is 18.5. The van der Waals surface area contributed by atoms with Gasteiger partial charge in [-0.25, -0.2) is 9.37 Å². The van der Waals surface area contributed by atoms with E-state index in [4.69, 9.17) is 0 Å². The molecule has 0 saturated carbocycles. The predicted molar refractivity (Wildman–Crippen MR) is 122 cm³/mol. The zero-order valence-electron chi connectivity index (χ0n) is 18.5. The Labute approximate surface area is 188 Å². The summed E-state index contributed by atoms with van der Waals surface area (Å²) in [5.74, 6) is 1.16. The largest absolute Gasteiger partial charge is 0.335 e. The number of carbonyl (C=O) groups excluding carboxylic acids is 1. The van der Waals surface area contributed by atoms with Gasteiger partial charge in [-0.15, -0.1) is 0 Å². The van der Waals surface area contributed by atoms with E-state index in [0.717, 1.165) is 63.5 Å². The van der Waals surface area contributed by atoms with E-state index in [1.165, 1.54) is 5.56 Å². The Bertz CT molecular complexity index is 1100. The Morgan fingerprint density at radius 2 is 1.88 bits per heavy atom. The maximum Gasteiger partial charge on any atom is 0.274 e. The van der Waals surface area contributed by atoms with Gasteiger partial charge in [-0.2, -0.15) is 0 Å². The number of imidazole rings is 1. The second-order valence-corrected chi connectivity index (χ2v) is 8.99. The number of aromatic nitrogens is 2. The predicted octanol–water partition coefficient (Wildman–Crippen LogP) is 4.02. The van der Waals surface area contributed by atoms with Crippen molar-refractivity contribution >= 4 is 5.91 Å². The van der Waals surface area contributed by atoms with Crippen LogP contribution < -0.4 is 0 Å². The van der Waals surface area contributed by atoms with Crippen molar-refractivity contribution in [3.8, 4) is 0 Å². The van der Waals surface area contributed by atoms with Crippen molar-refractivity contribution < 1.29 is 9.18 Å². The summed E-state index contributed by atoms with van der Waals surface area (Å²) < 4.78 is 15.8. The molecule has 2 aliphatic rings. The molecular weight excluding hydrogens is 403 g/mol. The first kappa shape index (κ1) is 20.9. The summed E-state index contributed by atoms with van der Waals surface area (Å²) in [6, 6.07) is 15.9. The number of hydrogen-bond donors (Lipinski definition) is 0. The van der Waals surface area contributed by atoms with Gasteiger partial charge in [0.2, 0.25) is 0 Å². The molecule has 1 saturated heterocycles. The lowest BCUT2D eigenvalue weighted by Crippen LogP contribution is -2.48. The SMILES string of the molecule is Cc1cc(C2CCc3nc(C(=O)N4CCN(Cc5ccccc5)CC4)cn3C2)ccc1F. The number of nitrogens with zero attached hydrogens (tertiary/aromatic N) is 4. The number of benzene rings is 2. The molecule has 3 aromatic rings. The molecule has 6 heteroatoms. The molecule has 2 aromatic carbocycles. The molecule has 5 nitrogen and oxygen atoms in total. The van der Waals surface area contributed by atoms with E-state index in [-0.39, 0.29) is 11.7 Å². The Balaban J connectivity index is 1.21. The number of halogens is 1. The number of rotatable bonds is 4. The van der Waals surface area contributed by atoms with E-state index in [2.05, 4.69) is 38.7 Å². The molecule has 32 heavy (non-hydrogen) atoms. The lowest BCUT2D eigenvalue weighted by molar-refractivity contribution is 0.0623. The Hall–Kier alpha value is -2.99. The average molecular weight is 433 g/mol. The average Bonchev–Trinajstić information content (AvgIpc) is 3.25. The van der Waals surface area contributed by atoms with Crippen molar-refractivity contribution in [1.82, 2.24) is 19.4 Å². The van der Waals surface area contributed by atoms with E-state index < -0.39 is 0 Å². The second-order valence-electron chi connectivity index (χ2n) is 8.99. The van der Waals surface area contributed by atoms with Crippen LogP contribution in [0.1, 0.15) is 45.3 Å². The van der Waals surface area contributed by atoms with Crippen LogP contribution in [-0.2, 0) is 19.5 Å². The first-order valence-corrected chi connectivity index (χ1v) is 11.4. The van der Waals surface area contributed by atoms with Gasteiger partial charge in [0.15, 0.2) is 0 Å². The minimum atomic E-state index is -0.162. The van der Waals surface area contributed by atoms with Crippen molar-refractivity contribution in [3.05, 3.63) is 88.8 Å². The quantitative estimate of drug-likeness (QED) is 0.625. The Kier molecular flexibility index (Phi) is 5.79. The molecule has 0 N–H and O–H groups in total. The van der Waals surface area contributed by atoms with Crippen LogP contribution in [0, 0.1) is 12.7 Å². The van der Waals surface area contributed by atoms with Gasteiger partial charge in [0, 0.05) is 57.8 Å². The minimum absolute atomic E-state index is 0.0282. The highest BCUT2D eigenvalue weighted by Gasteiger charge is 2.27. The van der Waals surface area contributed by atoms with E-state index in [1.54, 1.807) is 13.0 Å². The van der Waals surface area contributed by atoms with E-state index in [9.17, 15) is 9.18 Å². The smallest absolute Gasteiger partial charge is 0.274 e. The van der Waals surface area contributed by atoms with Crippen LogP contribution in [0.15, 0.2) is 54.7 Å². The fourth-order valence-corrected chi connectivity index (χ4v) is 4.85. The van der Waals surface area contributed by atoms with Crippen molar-refractivity contribution in [2.75, 3.05) is 26.2 Å². The number of carbonyl (C=O) groups is 1. The molecule has 0 spiro atoms. The van der Waals surface area contributed by atoms with Crippen LogP contribution in [0.5, 0.6) is 0 Å². The third kappa shape index (κ3) is 4.32. The normalized spacial score (nSPS) is 19.1. The monoisotopic (exact) mass is 432 g/mol. The number of piperazine rings is 1. The van der Waals surface area contributed by atoms with Crippen LogP contribution >= 0.6 is 0 Å². The molecule has 5 rings (SSSR count). The van der Waals surface area contributed by atoms with E-state index in [0.29, 0.717) is 17.2 Å². The van der Waals surface area contributed by atoms with Crippen LogP contribution in [0.25, 0.3) is 0 Å². The second kappa shape index (κ2) is 8.87. The Morgan fingerprint density at radius 1 is 1.09 bits per heavy atom. The summed E-state index contributed by atoms with van der Waals surface area (Å²) in [5.41, 5.74) is 3.69. The van der Waals surface area contributed by atoms with Gasteiger partial charge >= 0.3 is 0 Å². The summed E-state index contributed by atoms with van der Waals surface area (Å²) in [4.78, 5) is 22.1. The van der Waals surface area contributed by atoms with Crippen LogP contribution in [0.3, 0.4) is 0 Å². The molecule has 1 atom stereocenters. The highest BCUT2D eigenvalue weighted by molar-refractivity contribution is 5.92. The molecule has 1 unspecified atom stereocenters. The van der Waals surface area contributed by atoms with Gasteiger partial charge in [-0.05, 0) is 36.1 Å². The third-order valence-corrected chi connectivity index (χ3v) is 6.77.